The van der Waals surface area contributed by atoms with E-state index < -0.39 is 0 Å². The second kappa shape index (κ2) is 8.59. The van der Waals surface area contributed by atoms with Gasteiger partial charge in [-0.15, -0.1) is 0 Å². The van der Waals surface area contributed by atoms with E-state index in [1.54, 1.807) is 12.1 Å². The Bertz CT molecular complexity index is 653. The molecule has 2 aromatic rings. The lowest BCUT2D eigenvalue weighted by atomic mass is 10.1. The number of hydrogen-bond donors (Lipinski definition) is 2. The third-order valence-corrected chi connectivity index (χ3v) is 3.84. The van der Waals surface area contributed by atoms with Crippen LogP contribution in [-0.4, -0.2) is 12.5 Å². The van der Waals surface area contributed by atoms with Crippen molar-refractivity contribution in [3.63, 3.8) is 0 Å². The first-order valence-corrected chi connectivity index (χ1v) is 8.41. The number of carbonyl (C=O) groups is 1. The molecule has 0 spiro atoms. The second-order valence-electron chi connectivity index (χ2n) is 5.47. The molecule has 0 unspecified atom stereocenters. The van der Waals surface area contributed by atoms with Gasteiger partial charge in [-0.3, -0.25) is 4.79 Å². The summed E-state index contributed by atoms with van der Waals surface area (Å²) in [7, 11) is 0. The Morgan fingerprint density at radius 1 is 1.04 bits per heavy atom. The van der Waals surface area contributed by atoms with Crippen molar-refractivity contribution >= 4 is 23.2 Å². The van der Waals surface area contributed by atoms with Crippen molar-refractivity contribution < 1.29 is 4.79 Å². The van der Waals surface area contributed by atoms with E-state index in [2.05, 4.69) is 41.8 Å². The normalized spacial score (nSPS) is 10.4. The molecule has 0 radical (unpaired) electrons. The summed E-state index contributed by atoms with van der Waals surface area (Å²) in [4.78, 5) is 12.1. The lowest BCUT2D eigenvalue weighted by Crippen LogP contribution is -2.23. The molecule has 0 aliphatic rings. The Labute approximate surface area is 143 Å². The van der Waals surface area contributed by atoms with Crippen molar-refractivity contribution in [2.24, 2.45) is 0 Å². The number of halogens is 1. The quantitative estimate of drug-likeness (QED) is 0.775. The van der Waals surface area contributed by atoms with Crippen molar-refractivity contribution in [2.45, 2.75) is 33.2 Å². The number of nitrogens with one attached hydrogen (secondary N) is 2. The zero-order valence-corrected chi connectivity index (χ0v) is 14.4. The molecule has 0 bridgehead atoms. The highest BCUT2D eigenvalue weighted by atomic mass is 35.5. The maximum absolute atomic E-state index is 12.1. The smallest absolute Gasteiger partial charge is 0.253 e. The minimum atomic E-state index is -0.115. The number of aryl methyl sites for hydroxylation is 1. The standard InChI is InChI=1S/C19H23ClN2O/c1-3-5-14-6-8-15(9-7-14)13-22-18-11-10-16(20)12-17(18)19(23)21-4-2/h6-12,22H,3-5,13H2,1-2H3,(H,21,23). The number of benzene rings is 2. The first-order valence-electron chi connectivity index (χ1n) is 8.03. The highest BCUT2D eigenvalue weighted by Crippen LogP contribution is 2.21. The van der Waals surface area contributed by atoms with Crippen molar-refractivity contribution in [3.8, 4) is 0 Å². The maximum Gasteiger partial charge on any atom is 0.253 e. The average molecular weight is 331 g/mol. The predicted molar refractivity (Wildman–Crippen MR) is 97.2 cm³/mol. The first-order chi connectivity index (χ1) is 11.1. The van der Waals surface area contributed by atoms with E-state index in [1.165, 1.54) is 11.1 Å². The summed E-state index contributed by atoms with van der Waals surface area (Å²) in [6.45, 7) is 5.33. The molecule has 0 saturated heterocycles. The molecule has 23 heavy (non-hydrogen) atoms. The highest BCUT2D eigenvalue weighted by molar-refractivity contribution is 6.31. The zero-order valence-electron chi connectivity index (χ0n) is 13.7. The van der Waals surface area contributed by atoms with Crippen LogP contribution in [0.25, 0.3) is 0 Å². The van der Waals surface area contributed by atoms with E-state index in [9.17, 15) is 4.79 Å². The SMILES string of the molecule is CCCc1ccc(CNc2ccc(Cl)cc2C(=O)NCC)cc1. The van der Waals surface area contributed by atoms with E-state index in [0.29, 0.717) is 23.7 Å². The summed E-state index contributed by atoms with van der Waals surface area (Å²) in [5.74, 6) is -0.115. The molecule has 0 aliphatic carbocycles. The van der Waals surface area contributed by atoms with E-state index in [1.807, 2.05) is 13.0 Å². The van der Waals surface area contributed by atoms with Gasteiger partial charge in [-0.25, -0.2) is 0 Å². The Morgan fingerprint density at radius 3 is 2.39 bits per heavy atom. The van der Waals surface area contributed by atoms with Crippen LogP contribution in [0.2, 0.25) is 5.02 Å². The summed E-state index contributed by atoms with van der Waals surface area (Å²) < 4.78 is 0. The van der Waals surface area contributed by atoms with Crippen LogP contribution < -0.4 is 10.6 Å². The molecule has 0 atom stereocenters. The van der Waals surface area contributed by atoms with Gasteiger partial charge in [0.15, 0.2) is 0 Å². The van der Waals surface area contributed by atoms with E-state index in [0.717, 1.165) is 18.5 Å². The summed E-state index contributed by atoms with van der Waals surface area (Å²) >= 11 is 6.02. The topological polar surface area (TPSA) is 41.1 Å². The lowest BCUT2D eigenvalue weighted by molar-refractivity contribution is 0.0956. The number of carbonyl (C=O) groups excluding carboxylic acids is 1. The summed E-state index contributed by atoms with van der Waals surface area (Å²) in [5, 5.41) is 6.70. The van der Waals surface area contributed by atoms with Crippen LogP contribution in [0.15, 0.2) is 42.5 Å². The fraction of sp³-hybridized carbons (Fsp3) is 0.316. The molecular weight excluding hydrogens is 308 g/mol. The molecule has 0 aromatic heterocycles. The largest absolute Gasteiger partial charge is 0.380 e. The average Bonchev–Trinajstić information content (AvgIpc) is 2.55. The van der Waals surface area contributed by atoms with Crippen molar-refractivity contribution in [1.82, 2.24) is 5.32 Å². The van der Waals surface area contributed by atoms with Crippen LogP contribution in [-0.2, 0) is 13.0 Å². The minimum Gasteiger partial charge on any atom is -0.380 e. The van der Waals surface area contributed by atoms with Gasteiger partial charge in [0.05, 0.1) is 5.56 Å². The Balaban J connectivity index is 2.09. The predicted octanol–water partition coefficient (Wildman–Crippen LogP) is 4.65. The van der Waals surface area contributed by atoms with Crippen LogP contribution in [0.5, 0.6) is 0 Å². The van der Waals surface area contributed by atoms with Gasteiger partial charge < -0.3 is 10.6 Å². The van der Waals surface area contributed by atoms with E-state index in [-0.39, 0.29) is 5.91 Å². The minimum absolute atomic E-state index is 0.115. The van der Waals surface area contributed by atoms with Gasteiger partial charge >= 0.3 is 0 Å². The molecule has 4 heteroatoms. The van der Waals surface area contributed by atoms with Gasteiger partial charge in [-0.2, -0.15) is 0 Å². The summed E-state index contributed by atoms with van der Waals surface area (Å²) in [5.41, 5.74) is 3.90. The molecule has 0 fully saturated rings. The molecule has 122 valence electrons. The highest BCUT2D eigenvalue weighted by Gasteiger charge is 2.11. The fourth-order valence-corrected chi connectivity index (χ4v) is 2.60. The molecular formula is C19H23ClN2O. The molecule has 1 amide bonds. The van der Waals surface area contributed by atoms with Crippen LogP contribution >= 0.6 is 11.6 Å². The first kappa shape index (κ1) is 17.4. The number of rotatable bonds is 7. The van der Waals surface area contributed by atoms with Crippen LogP contribution in [0, 0.1) is 0 Å². The Hall–Kier alpha value is -2.00. The van der Waals surface area contributed by atoms with Gasteiger partial charge in [0.2, 0.25) is 0 Å². The number of amides is 1. The van der Waals surface area contributed by atoms with Gasteiger partial charge in [0, 0.05) is 23.8 Å². The van der Waals surface area contributed by atoms with Crippen molar-refractivity contribution in [1.29, 1.82) is 0 Å². The van der Waals surface area contributed by atoms with Gasteiger partial charge in [-0.05, 0) is 42.7 Å². The monoisotopic (exact) mass is 330 g/mol. The summed E-state index contributed by atoms with van der Waals surface area (Å²) in [6, 6.07) is 13.9. The Kier molecular flexibility index (Phi) is 6.48. The molecule has 0 heterocycles. The van der Waals surface area contributed by atoms with E-state index in [4.69, 9.17) is 11.6 Å². The Morgan fingerprint density at radius 2 is 1.74 bits per heavy atom. The van der Waals surface area contributed by atoms with Crippen LogP contribution in [0.1, 0.15) is 41.8 Å². The lowest BCUT2D eigenvalue weighted by Gasteiger charge is -2.13. The molecule has 0 saturated carbocycles. The number of anilines is 1. The summed E-state index contributed by atoms with van der Waals surface area (Å²) in [6.07, 6.45) is 2.25. The van der Waals surface area contributed by atoms with Gasteiger partial charge in [0.25, 0.3) is 5.91 Å². The molecule has 2 aromatic carbocycles. The second-order valence-corrected chi connectivity index (χ2v) is 5.91. The fourth-order valence-electron chi connectivity index (χ4n) is 2.42. The van der Waals surface area contributed by atoms with E-state index >= 15 is 0 Å². The molecule has 0 aliphatic heterocycles. The van der Waals surface area contributed by atoms with Crippen molar-refractivity contribution in [3.05, 3.63) is 64.2 Å². The van der Waals surface area contributed by atoms with Crippen molar-refractivity contribution in [2.75, 3.05) is 11.9 Å². The third kappa shape index (κ3) is 5.00. The third-order valence-electron chi connectivity index (χ3n) is 3.61. The molecule has 2 rings (SSSR count). The maximum atomic E-state index is 12.1. The van der Waals surface area contributed by atoms with Gasteiger partial charge in [-0.1, -0.05) is 49.2 Å². The molecule has 2 N–H and O–H groups in total. The number of hydrogen-bond acceptors (Lipinski definition) is 2. The zero-order chi connectivity index (χ0) is 16.7. The molecule has 3 nitrogen and oxygen atoms in total. The van der Waals surface area contributed by atoms with Crippen LogP contribution in [0.4, 0.5) is 5.69 Å². The van der Waals surface area contributed by atoms with Crippen LogP contribution in [0.3, 0.4) is 0 Å². The van der Waals surface area contributed by atoms with Gasteiger partial charge in [0.1, 0.15) is 0 Å².